The lowest BCUT2D eigenvalue weighted by Crippen LogP contribution is -2.48. The predicted octanol–water partition coefficient (Wildman–Crippen LogP) is 3.75. The summed E-state index contributed by atoms with van der Waals surface area (Å²) in [5.74, 6) is -0.350. The van der Waals surface area contributed by atoms with E-state index in [0.717, 1.165) is 5.69 Å². The summed E-state index contributed by atoms with van der Waals surface area (Å²) >= 11 is 1.29. The Balaban J connectivity index is 1.20. The maximum absolute atomic E-state index is 12.5. The number of rotatable bonds is 6. The number of para-hydroxylation sites is 1. The highest BCUT2D eigenvalue weighted by Crippen LogP contribution is 2.18. The number of hydrogen-bond acceptors (Lipinski definition) is 5. The summed E-state index contributed by atoms with van der Waals surface area (Å²) in [7, 11) is 0. The fourth-order valence-electron chi connectivity index (χ4n) is 3.60. The Morgan fingerprint density at radius 3 is 2.30 bits per heavy atom. The maximum Gasteiger partial charge on any atom is 0.321 e. The third-order valence-corrected chi connectivity index (χ3v) is 6.13. The van der Waals surface area contributed by atoms with Gasteiger partial charge in [0, 0.05) is 35.8 Å². The Morgan fingerprint density at radius 2 is 1.61 bits per heavy atom. The SMILES string of the molecule is O=C(Cc1csc(NC(=O)c2ccccc2)n1)NC1CCN(C(=O)Nc2ccccc2)CC1. The van der Waals surface area contributed by atoms with Crippen molar-refractivity contribution in [2.24, 2.45) is 0 Å². The Hall–Kier alpha value is -3.72. The summed E-state index contributed by atoms with van der Waals surface area (Å²) in [5, 5.41) is 10.9. The number of carbonyl (C=O) groups is 3. The van der Waals surface area contributed by atoms with Gasteiger partial charge in [0.2, 0.25) is 5.91 Å². The van der Waals surface area contributed by atoms with E-state index in [1.807, 2.05) is 36.4 Å². The molecule has 0 saturated carbocycles. The van der Waals surface area contributed by atoms with Crippen LogP contribution < -0.4 is 16.0 Å². The number of nitrogens with zero attached hydrogens (tertiary/aromatic N) is 2. The number of nitrogens with one attached hydrogen (secondary N) is 3. The molecule has 3 aromatic rings. The van der Waals surface area contributed by atoms with Gasteiger partial charge in [-0.2, -0.15) is 0 Å². The summed E-state index contributed by atoms with van der Waals surface area (Å²) < 4.78 is 0. The van der Waals surface area contributed by atoms with Crippen LogP contribution in [0.25, 0.3) is 0 Å². The van der Waals surface area contributed by atoms with Crippen LogP contribution in [0.4, 0.5) is 15.6 Å². The second-order valence-corrected chi connectivity index (χ2v) is 8.62. The molecular weight excluding hydrogens is 438 g/mol. The van der Waals surface area contributed by atoms with Crippen LogP contribution in [0.1, 0.15) is 28.9 Å². The molecule has 2 aromatic carbocycles. The quantitative estimate of drug-likeness (QED) is 0.518. The van der Waals surface area contributed by atoms with E-state index in [1.54, 1.807) is 34.5 Å². The molecule has 1 aromatic heterocycles. The van der Waals surface area contributed by atoms with E-state index in [2.05, 4.69) is 20.9 Å². The molecule has 33 heavy (non-hydrogen) atoms. The summed E-state index contributed by atoms with van der Waals surface area (Å²) in [6.45, 7) is 1.16. The summed E-state index contributed by atoms with van der Waals surface area (Å²) in [5.41, 5.74) is 1.93. The fraction of sp³-hybridized carbons (Fsp3) is 0.250. The van der Waals surface area contributed by atoms with Crippen LogP contribution in [0.5, 0.6) is 0 Å². The van der Waals surface area contributed by atoms with Gasteiger partial charge in [0.15, 0.2) is 5.13 Å². The van der Waals surface area contributed by atoms with Crippen LogP contribution in [-0.4, -0.2) is 46.9 Å². The van der Waals surface area contributed by atoms with Crippen molar-refractivity contribution in [3.63, 3.8) is 0 Å². The zero-order chi connectivity index (χ0) is 23.0. The number of hydrogen-bond donors (Lipinski definition) is 3. The minimum Gasteiger partial charge on any atom is -0.353 e. The number of carbonyl (C=O) groups excluding carboxylic acids is 3. The summed E-state index contributed by atoms with van der Waals surface area (Å²) in [6.07, 6.45) is 1.54. The Bertz CT molecular complexity index is 1100. The fourth-order valence-corrected chi connectivity index (χ4v) is 4.30. The number of anilines is 2. The lowest BCUT2D eigenvalue weighted by atomic mass is 10.1. The lowest BCUT2D eigenvalue weighted by Gasteiger charge is -2.32. The van der Waals surface area contributed by atoms with Crippen LogP contribution in [0.15, 0.2) is 66.0 Å². The third-order valence-electron chi connectivity index (χ3n) is 5.32. The van der Waals surface area contributed by atoms with Gasteiger partial charge in [-0.15, -0.1) is 11.3 Å². The predicted molar refractivity (Wildman–Crippen MR) is 128 cm³/mol. The van der Waals surface area contributed by atoms with Crippen LogP contribution in [0.3, 0.4) is 0 Å². The second-order valence-electron chi connectivity index (χ2n) is 7.77. The third kappa shape index (κ3) is 6.39. The number of urea groups is 1. The van der Waals surface area contributed by atoms with E-state index in [9.17, 15) is 14.4 Å². The Kier molecular flexibility index (Phi) is 7.31. The van der Waals surface area contributed by atoms with Gasteiger partial charge < -0.3 is 15.5 Å². The number of likely N-dealkylation sites (tertiary alicyclic amines) is 1. The molecule has 1 aliphatic heterocycles. The van der Waals surface area contributed by atoms with Crippen LogP contribution in [0, 0.1) is 0 Å². The number of thiazole rings is 1. The molecule has 0 radical (unpaired) electrons. The molecule has 0 bridgehead atoms. The minimum atomic E-state index is -0.232. The van der Waals surface area contributed by atoms with Crippen LogP contribution in [0.2, 0.25) is 0 Å². The monoisotopic (exact) mass is 463 g/mol. The molecular formula is C24H25N5O3S. The molecule has 0 atom stereocenters. The van der Waals surface area contributed by atoms with Gasteiger partial charge >= 0.3 is 6.03 Å². The second kappa shape index (κ2) is 10.7. The van der Waals surface area contributed by atoms with Crippen molar-refractivity contribution in [2.45, 2.75) is 25.3 Å². The van der Waals surface area contributed by atoms with Crippen molar-refractivity contribution in [1.82, 2.24) is 15.2 Å². The Morgan fingerprint density at radius 1 is 0.939 bits per heavy atom. The zero-order valence-electron chi connectivity index (χ0n) is 18.0. The van der Waals surface area contributed by atoms with Gasteiger partial charge in [-0.3, -0.25) is 14.9 Å². The first-order valence-corrected chi connectivity index (χ1v) is 11.7. The van der Waals surface area contributed by atoms with Crippen molar-refractivity contribution >= 4 is 40.0 Å². The van der Waals surface area contributed by atoms with Crippen molar-refractivity contribution < 1.29 is 14.4 Å². The van der Waals surface area contributed by atoms with Crippen LogP contribution >= 0.6 is 11.3 Å². The highest BCUT2D eigenvalue weighted by Gasteiger charge is 2.24. The standard InChI is InChI=1S/C24H25N5O3S/c30-21(15-20-16-33-23(26-20)28-22(31)17-7-3-1-4-8-17)25-19-11-13-29(14-12-19)24(32)27-18-9-5-2-6-10-18/h1-10,16,19H,11-15H2,(H,25,30)(H,27,32)(H,26,28,31). The average molecular weight is 464 g/mol. The molecule has 1 fully saturated rings. The molecule has 8 nitrogen and oxygen atoms in total. The highest BCUT2D eigenvalue weighted by molar-refractivity contribution is 7.14. The first-order chi connectivity index (χ1) is 16.1. The van der Waals surface area contributed by atoms with Gasteiger partial charge in [-0.1, -0.05) is 36.4 Å². The molecule has 0 unspecified atom stereocenters. The summed E-state index contributed by atoms with van der Waals surface area (Å²) in [6, 6.07) is 18.1. The topological polar surface area (TPSA) is 103 Å². The molecule has 4 rings (SSSR count). The molecule has 1 aliphatic rings. The molecule has 9 heteroatoms. The van der Waals surface area contributed by atoms with E-state index >= 15 is 0 Å². The Labute approximate surface area is 196 Å². The minimum absolute atomic E-state index is 0.0224. The van der Waals surface area contributed by atoms with Gasteiger partial charge in [0.25, 0.3) is 5.91 Å². The van der Waals surface area contributed by atoms with E-state index < -0.39 is 0 Å². The molecule has 170 valence electrons. The van der Waals surface area contributed by atoms with Gasteiger partial charge in [-0.05, 0) is 37.1 Å². The van der Waals surface area contributed by atoms with Gasteiger partial charge in [0.1, 0.15) is 0 Å². The normalized spacial score (nSPS) is 13.9. The lowest BCUT2D eigenvalue weighted by molar-refractivity contribution is -0.121. The molecule has 0 spiro atoms. The molecule has 1 saturated heterocycles. The van der Waals surface area contributed by atoms with Crippen molar-refractivity contribution in [2.75, 3.05) is 23.7 Å². The molecule has 4 amide bonds. The first kappa shape index (κ1) is 22.5. The number of amides is 4. The van der Waals surface area contributed by atoms with Crippen molar-refractivity contribution in [3.05, 3.63) is 77.3 Å². The van der Waals surface area contributed by atoms with E-state index in [1.165, 1.54) is 11.3 Å². The number of piperidine rings is 1. The number of benzene rings is 2. The van der Waals surface area contributed by atoms with Crippen LogP contribution in [-0.2, 0) is 11.2 Å². The first-order valence-electron chi connectivity index (χ1n) is 10.8. The highest BCUT2D eigenvalue weighted by atomic mass is 32.1. The molecule has 3 N–H and O–H groups in total. The maximum atomic E-state index is 12.5. The number of aromatic nitrogens is 1. The largest absolute Gasteiger partial charge is 0.353 e. The van der Waals surface area contributed by atoms with E-state index in [4.69, 9.17) is 0 Å². The average Bonchev–Trinajstić information content (AvgIpc) is 3.27. The van der Waals surface area contributed by atoms with Crippen molar-refractivity contribution in [3.8, 4) is 0 Å². The van der Waals surface area contributed by atoms with E-state index in [0.29, 0.717) is 42.3 Å². The molecule has 2 heterocycles. The van der Waals surface area contributed by atoms with E-state index in [-0.39, 0.29) is 30.3 Å². The van der Waals surface area contributed by atoms with Gasteiger partial charge in [-0.25, -0.2) is 9.78 Å². The zero-order valence-corrected chi connectivity index (χ0v) is 18.8. The smallest absolute Gasteiger partial charge is 0.321 e. The van der Waals surface area contributed by atoms with Crippen molar-refractivity contribution in [1.29, 1.82) is 0 Å². The van der Waals surface area contributed by atoms with Gasteiger partial charge in [0.05, 0.1) is 12.1 Å². The molecule has 0 aliphatic carbocycles. The summed E-state index contributed by atoms with van der Waals surface area (Å²) in [4.78, 5) is 43.2.